The molecule has 1 saturated heterocycles. The fourth-order valence-electron chi connectivity index (χ4n) is 2.72. The van der Waals surface area contributed by atoms with Crippen LogP contribution in [-0.2, 0) is 4.79 Å². The van der Waals surface area contributed by atoms with Crippen LogP contribution >= 0.6 is 12.2 Å². The van der Waals surface area contributed by atoms with E-state index in [4.69, 9.17) is 17.5 Å². The molecule has 1 aliphatic rings. The smallest absolute Gasteiger partial charge is 0.245 e. The van der Waals surface area contributed by atoms with Crippen molar-refractivity contribution in [3.63, 3.8) is 0 Å². The van der Waals surface area contributed by atoms with Crippen LogP contribution in [0.25, 0.3) is 0 Å². The highest BCUT2D eigenvalue weighted by Crippen LogP contribution is 2.16. The topological polar surface area (TPSA) is 64.9 Å². The largest absolute Gasteiger partial charge is 0.358 e. The summed E-state index contributed by atoms with van der Waals surface area (Å²) in [5.74, 6) is -0.882. The average molecular weight is 309 g/mol. The first-order valence-electron chi connectivity index (χ1n) is 8.20. The maximum Gasteiger partial charge on any atom is 0.245 e. The van der Waals surface area contributed by atoms with E-state index in [-0.39, 0.29) is 11.9 Å². The third-order valence-corrected chi connectivity index (χ3v) is 4.22. The first-order valence-corrected chi connectivity index (χ1v) is 8.60. The van der Waals surface area contributed by atoms with Crippen LogP contribution in [-0.4, -0.2) is 17.1 Å². The molecule has 0 aromatic heterocycles. The Balaban J connectivity index is 2.10. The second-order valence-electron chi connectivity index (χ2n) is 5.79. The fourth-order valence-corrected chi connectivity index (χ4v) is 2.97. The first-order chi connectivity index (χ1) is 10.2. The van der Waals surface area contributed by atoms with Crippen molar-refractivity contribution in [2.45, 2.75) is 77.2 Å². The van der Waals surface area contributed by atoms with Gasteiger partial charge in [-0.3, -0.25) is 4.79 Å². The molecule has 0 unspecified atom stereocenters. The van der Waals surface area contributed by atoms with E-state index in [1.807, 2.05) is 0 Å². The predicted molar refractivity (Wildman–Crippen MR) is 88.6 cm³/mol. The molecule has 0 radical (unpaired) electrons. The number of thiocarbonyl (C=S) groups is 1. The lowest BCUT2D eigenvalue weighted by Crippen LogP contribution is -2.57. The van der Waals surface area contributed by atoms with Gasteiger partial charge in [0.1, 0.15) is 5.92 Å². The number of carbonyl (C=O) groups excluding carboxylic acids is 1. The highest BCUT2D eigenvalue weighted by Gasteiger charge is 2.33. The molecule has 5 heteroatoms. The molecule has 0 aromatic carbocycles. The number of nitrogens with zero attached hydrogens (tertiary/aromatic N) is 1. The van der Waals surface area contributed by atoms with Crippen molar-refractivity contribution < 1.29 is 4.79 Å². The van der Waals surface area contributed by atoms with Gasteiger partial charge in [-0.2, -0.15) is 5.26 Å². The highest BCUT2D eigenvalue weighted by atomic mass is 32.1. The molecule has 0 bridgehead atoms. The van der Waals surface area contributed by atoms with Gasteiger partial charge in [-0.05, 0) is 18.6 Å². The standard InChI is InChI=1S/C16H27N3OS/c1-2-3-4-5-6-7-8-9-10-11-14-13(12-17)15(20)19-16(21)18-14/h13-14H,2-11H2,1H3,(H2,18,19,20,21)/t13-,14-/m0/s1. The third-order valence-electron chi connectivity index (χ3n) is 4.00. The lowest BCUT2D eigenvalue weighted by Gasteiger charge is -2.29. The maximum absolute atomic E-state index is 11.6. The van der Waals surface area contributed by atoms with Crippen molar-refractivity contribution in [2.75, 3.05) is 0 Å². The van der Waals surface area contributed by atoms with Crippen LogP contribution < -0.4 is 10.6 Å². The minimum Gasteiger partial charge on any atom is -0.358 e. The van der Waals surface area contributed by atoms with Gasteiger partial charge in [-0.25, -0.2) is 0 Å². The zero-order chi connectivity index (χ0) is 15.5. The molecule has 0 aliphatic carbocycles. The van der Waals surface area contributed by atoms with E-state index in [9.17, 15) is 4.79 Å². The summed E-state index contributed by atoms with van der Waals surface area (Å²) < 4.78 is 0. The molecule has 2 atom stereocenters. The quantitative estimate of drug-likeness (QED) is 0.479. The Kier molecular flexibility index (Phi) is 9.00. The zero-order valence-electron chi connectivity index (χ0n) is 13.0. The second-order valence-corrected chi connectivity index (χ2v) is 6.20. The van der Waals surface area contributed by atoms with Crippen LogP contribution in [0.1, 0.15) is 71.1 Å². The van der Waals surface area contributed by atoms with Gasteiger partial charge in [0.05, 0.1) is 12.1 Å². The summed E-state index contributed by atoms with van der Waals surface area (Å²) in [5, 5.41) is 15.0. The summed E-state index contributed by atoms with van der Waals surface area (Å²) in [5.41, 5.74) is 0. The number of nitriles is 1. The summed E-state index contributed by atoms with van der Waals surface area (Å²) in [6, 6.07) is 1.95. The van der Waals surface area contributed by atoms with Gasteiger partial charge >= 0.3 is 0 Å². The second kappa shape index (κ2) is 10.6. The summed E-state index contributed by atoms with van der Waals surface area (Å²) >= 11 is 4.98. The number of carbonyl (C=O) groups is 1. The van der Waals surface area contributed by atoms with Gasteiger partial charge in [-0.1, -0.05) is 64.7 Å². The third kappa shape index (κ3) is 6.90. The molecule has 4 nitrogen and oxygen atoms in total. The van der Waals surface area contributed by atoms with Crippen LogP contribution in [0.5, 0.6) is 0 Å². The monoisotopic (exact) mass is 309 g/mol. The number of amides is 1. The molecule has 118 valence electrons. The molecule has 1 aliphatic heterocycles. The lowest BCUT2D eigenvalue weighted by molar-refractivity contribution is -0.123. The van der Waals surface area contributed by atoms with Gasteiger partial charge in [0, 0.05) is 0 Å². The van der Waals surface area contributed by atoms with Crippen molar-refractivity contribution in [1.82, 2.24) is 10.6 Å². The van der Waals surface area contributed by atoms with E-state index in [0.717, 1.165) is 12.8 Å². The molecular weight excluding hydrogens is 282 g/mol. The van der Waals surface area contributed by atoms with Crippen LogP contribution in [0, 0.1) is 17.2 Å². The van der Waals surface area contributed by atoms with Crippen LogP contribution in [0.2, 0.25) is 0 Å². The Hall–Kier alpha value is -1.15. The van der Waals surface area contributed by atoms with E-state index < -0.39 is 5.92 Å². The molecule has 2 N–H and O–H groups in total. The van der Waals surface area contributed by atoms with E-state index in [0.29, 0.717) is 5.11 Å². The number of hydrogen-bond acceptors (Lipinski definition) is 3. The van der Waals surface area contributed by atoms with Crippen molar-refractivity contribution in [3.8, 4) is 6.07 Å². The molecule has 1 amide bonds. The van der Waals surface area contributed by atoms with Crippen LogP contribution in [0.3, 0.4) is 0 Å². The van der Waals surface area contributed by atoms with Crippen LogP contribution in [0.4, 0.5) is 0 Å². The number of unbranched alkanes of at least 4 members (excludes halogenated alkanes) is 8. The van der Waals surface area contributed by atoms with Crippen molar-refractivity contribution >= 4 is 23.2 Å². The van der Waals surface area contributed by atoms with Gasteiger partial charge in [-0.15, -0.1) is 0 Å². The molecule has 0 spiro atoms. The normalized spacial score (nSPS) is 21.5. The minimum atomic E-state index is -0.620. The predicted octanol–water partition coefficient (Wildman–Crippen LogP) is 3.42. The zero-order valence-corrected chi connectivity index (χ0v) is 13.8. The molecule has 0 aromatic rings. The number of hydrogen-bond donors (Lipinski definition) is 2. The summed E-state index contributed by atoms with van der Waals surface area (Å²) in [4.78, 5) is 11.6. The Morgan fingerprint density at radius 2 is 1.67 bits per heavy atom. The van der Waals surface area contributed by atoms with E-state index in [2.05, 4.69) is 23.6 Å². The fraction of sp³-hybridized carbons (Fsp3) is 0.812. The first kappa shape index (κ1) is 17.9. The van der Waals surface area contributed by atoms with Crippen LogP contribution in [0.15, 0.2) is 0 Å². The van der Waals surface area contributed by atoms with E-state index in [1.54, 1.807) is 0 Å². The number of rotatable bonds is 10. The average Bonchev–Trinajstić information content (AvgIpc) is 2.45. The van der Waals surface area contributed by atoms with Crippen molar-refractivity contribution in [2.24, 2.45) is 5.92 Å². The molecule has 1 rings (SSSR count). The SMILES string of the molecule is CCCCCCCCCCC[C@@H]1NC(=S)NC(=O)[C@H]1C#N. The Morgan fingerprint density at radius 3 is 2.24 bits per heavy atom. The number of nitrogens with one attached hydrogen (secondary N) is 2. The van der Waals surface area contributed by atoms with Crippen molar-refractivity contribution in [1.29, 1.82) is 5.26 Å². The van der Waals surface area contributed by atoms with E-state index >= 15 is 0 Å². The Bertz CT molecular complexity index is 378. The highest BCUT2D eigenvalue weighted by molar-refractivity contribution is 7.80. The molecular formula is C16H27N3OS. The molecule has 1 heterocycles. The Labute approximate surface area is 133 Å². The lowest BCUT2D eigenvalue weighted by atomic mass is 9.93. The molecule has 21 heavy (non-hydrogen) atoms. The summed E-state index contributed by atoms with van der Waals surface area (Å²) in [6.45, 7) is 2.24. The van der Waals surface area contributed by atoms with E-state index in [1.165, 1.54) is 51.4 Å². The van der Waals surface area contributed by atoms with Gasteiger partial charge in [0.25, 0.3) is 0 Å². The molecule has 1 fully saturated rings. The molecule has 0 saturated carbocycles. The van der Waals surface area contributed by atoms with Crippen molar-refractivity contribution in [3.05, 3.63) is 0 Å². The van der Waals surface area contributed by atoms with Gasteiger partial charge in [0.15, 0.2) is 5.11 Å². The summed E-state index contributed by atoms with van der Waals surface area (Å²) in [7, 11) is 0. The van der Waals surface area contributed by atoms with Gasteiger partial charge < -0.3 is 10.6 Å². The van der Waals surface area contributed by atoms with Gasteiger partial charge in [0.2, 0.25) is 5.91 Å². The minimum absolute atomic E-state index is 0.124. The maximum atomic E-state index is 11.6. The Morgan fingerprint density at radius 1 is 1.10 bits per heavy atom. The summed E-state index contributed by atoms with van der Waals surface area (Å²) in [6.07, 6.45) is 12.3.